The Labute approximate surface area is 93.5 Å². The van der Waals surface area contributed by atoms with Crippen LogP contribution in [0.1, 0.15) is 25.7 Å². The van der Waals surface area contributed by atoms with Gasteiger partial charge in [-0.25, -0.2) is 0 Å². The Morgan fingerprint density at radius 2 is 2.00 bits per heavy atom. The van der Waals surface area contributed by atoms with Crippen LogP contribution in [0.4, 0.5) is 0 Å². The monoisotopic (exact) mass is 231 g/mol. The van der Waals surface area contributed by atoms with Gasteiger partial charge >= 0.3 is 5.97 Å². The molecule has 2 saturated heterocycles. The molecule has 1 atom stereocenters. The van der Waals surface area contributed by atoms with Crippen molar-refractivity contribution in [3.05, 3.63) is 0 Å². The summed E-state index contributed by atoms with van der Waals surface area (Å²) in [5.41, 5.74) is 4.94. The van der Waals surface area contributed by atoms with Gasteiger partial charge in [-0.05, 0) is 31.4 Å². The number of ether oxygens (including phenoxy) is 1. The van der Waals surface area contributed by atoms with Crippen LogP contribution in [0, 0.1) is 0 Å². The molecule has 0 aromatic carbocycles. The van der Waals surface area contributed by atoms with E-state index in [2.05, 4.69) is 0 Å². The molecule has 1 spiro atoms. The molecule has 86 valence electrons. The van der Waals surface area contributed by atoms with Crippen molar-refractivity contribution in [2.45, 2.75) is 36.0 Å². The average Bonchev–Trinajstić information content (AvgIpc) is 2.18. The van der Waals surface area contributed by atoms with Gasteiger partial charge in [-0.1, -0.05) is 0 Å². The lowest BCUT2D eigenvalue weighted by atomic mass is 9.81. The lowest BCUT2D eigenvalue weighted by Crippen LogP contribution is -2.57. The molecule has 0 bridgehead atoms. The summed E-state index contributed by atoms with van der Waals surface area (Å²) in [6.45, 7) is 1.48. The largest absolute Gasteiger partial charge is 0.480 e. The van der Waals surface area contributed by atoms with E-state index in [1.807, 2.05) is 11.8 Å². The maximum absolute atomic E-state index is 11.1. The number of rotatable bonds is 1. The Morgan fingerprint density at radius 3 is 2.60 bits per heavy atom. The van der Waals surface area contributed by atoms with E-state index < -0.39 is 11.5 Å². The smallest absolute Gasteiger partial charge is 0.323 e. The molecule has 0 aromatic heterocycles. The van der Waals surface area contributed by atoms with E-state index in [0.29, 0.717) is 12.8 Å². The van der Waals surface area contributed by atoms with E-state index >= 15 is 0 Å². The molecule has 0 saturated carbocycles. The predicted molar refractivity (Wildman–Crippen MR) is 59.0 cm³/mol. The molecule has 3 N–H and O–H groups in total. The fourth-order valence-electron chi connectivity index (χ4n) is 2.41. The zero-order chi connectivity index (χ0) is 10.9. The molecule has 1 unspecified atom stereocenters. The van der Waals surface area contributed by atoms with Crippen LogP contribution in [0.5, 0.6) is 0 Å². The minimum absolute atomic E-state index is 0.0592. The summed E-state index contributed by atoms with van der Waals surface area (Å²) in [4.78, 5) is 11.1. The van der Waals surface area contributed by atoms with Crippen LogP contribution < -0.4 is 5.73 Å². The fraction of sp³-hybridized carbons (Fsp3) is 0.900. The normalized spacial score (nSPS) is 35.3. The van der Waals surface area contributed by atoms with Gasteiger partial charge in [0.1, 0.15) is 5.54 Å². The number of carboxylic acids is 1. The first-order chi connectivity index (χ1) is 7.06. The van der Waals surface area contributed by atoms with E-state index in [-0.39, 0.29) is 4.75 Å². The van der Waals surface area contributed by atoms with Crippen molar-refractivity contribution in [1.29, 1.82) is 0 Å². The molecule has 0 aliphatic carbocycles. The van der Waals surface area contributed by atoms with Gasteiger partial charge in [-0.3, -0.25) is 4.79 Å². The summed E-state index contributed by atoms with van der Waals surface area (Å²) in [6, 6.07) is 0. The van der Waals surface area contributed by atoms with E-state index in [1.165, 1.54) is 0 Å². The molecule has 2 rings (SSSR count). The Bertz CT molecular complexity index is 260. The zero-order valence-corrected chi connectivity index (χ0v) is 9.52. The lowest BCUT2D eigenvalue weighted by molar-refractivity contribution is -0.144. The summed E-state index contributed by atoms with van der Waals surface area (Å²) in [7, 11) is 0. The summed E-state index contributed by atoms with van der Waals surface area (Å²) in [5.74, 6) is -0.00309. The van der Waals surface area contributed by atoms with Crippen molar-refractivity contribution in [2.24, 2.45) is 5.73 Å². The second-order valence-corrected chi connectivity index (χ2v) is 6.09. The molecule has 2 fully saturated rings. The molecular formula is C10H17NO3S. The number of carbonyl (C=O) groups is 1. The highest BCUT2D eigenvalue weighted by molar-refractivity contribution is 8.00. The maximum Gasteiger partial charge on any atom is 0.323 e. The molecule has 5 heteroatoms. The fourth-order valence-corrected chi connectivity index (χ4v) is 4.13. The quantitative estimate of drug-likeness (QED) is 0.700. The molecule has 0 amide bonds. The van der Waals surface area contributed by atoms with Gasteiger partial charge in [0.15, 0.2) is 0 Å². The Kier molecular flexibility index (Phi) is 2.96. The van der Waals surface area contributed by atoms with Crippen LogP contribution in [0.2, 0.25) is 0 Å². The molecule has 15 heavy (non-hydrogen) atoms. The van der Waals surface area contributed by atoms with Crippen LogP contribution in [0.15, 0.2) is 0 Å². The zero-order valence-electron chi connectivity index (χ0n) is 8.70. The molecule has 2 aliphatic rings. The minimum atomic E-state index is -1.01. The number of carboxylic acid groups (broad SMARTS) is 1. The summed E-state index contributed by atoms with van der Waals surface area (Å²) in [5, 5.41) is 9.15. The summed E-state index contributed by atoms with van der Waals surface area (Å²) >= 11 is 1.88. The molecule has 4 nitrogen and oxygen atoms in total. The van der Waals surface area contributed by atoms with Crippen molar-refractivity contribution < 1.29 is 14.6 Å². The van der Waals surface area contributed by atoms with E-state index in [4.69, 9.17) is 15.6 Å². The van der Waals surface area contributed by atoms with Crippen molar-refractivity contribution in [1.82, 2.24) is 0 Å². The average molecular weight is 231 g/mol. The third-order valence-electron chi connectivity index (χ3n) is 3.42. The van der Waals surface area contributed by atoms with E-state index in [1.54, 1.807) is 0 Å². The number of hydrogen-bond acceptors (Lipinski definition) is 4. The SMILES string of the molecule is NC1(C(=O)O)CCSC2(CCOCC2)C1. The van der Waals surface area contributed by atoms with Gasteiger partial charge in [0, 0.05) is 18.0 Å². The second-order valence-electron chi connectivity index (χ2n) is 4.53. The minimum Gasteiger partial charge on any atom is -0.480 e. The highest BCUT2D eigenvalue weighted by Gasteiger charge is 2.48. The van der Waals surface area contributed by atoms with Gasteiger partial charge < -0.3 is 15.6 Å². The van der Waals surface area contributed by atoms with Gasteiger partial charge in [0.2, 0.25) is 0 Å². The van der Waals surface area contributed by atoms with Crippen molar-refractivity contribution in [2.75, 3.05) is 19.0 Å². The first-order valence-corrected chi connectivity index (χ1v) is 6.29. The first-order valence-electron chi connectivity index (χ1n) is 5.30. The van der Waals surface area contributed by atoms with Gasteiger partial charge in [-0.15, -0.1) is 0 Å². The molecular weight excluding hydrogens is 214 g/mol. The highest BCUT2D eigenvalue weighted by Crippen LogP contribution is 2.46. The topological polar surface area (TPSA) is 72.6 Å². The second kappa shape index (κ2) is 3.96. The first kappa shape index (κ1) is 11.2. The van der Waals surface area contributed by atoms with Crippen LogP contribution >= 0.6 is 11.8 Å². The molecule has 0 aromatic rings. The van der Waals surface area contributed by atoms with Gasteiger partial charge in [0.05, 0.1) is 0 Å². The van der Waals surface area contributed by atoms with Gasteiger partial charge in [-0.2, -0.15) is 11.8 Å². The summed E-state index contributed by atoms with van der Waals surface area (Å²) in [6.07, 6.45) is 3.03. The third-order valence-corrected chi connectivity index (χ3v) is 5.00. The van der Waals surface area contributed by atoms with E-state index in [0.717, 1.165) is 31.8 Å². The van der Waals surface area contributed by atoms with E-state index in [9.17, 15) is 4.79 Å². The van der Waals surface area contributed by atoms with Crippen LogP contribution in [-0.4, -0.2) is 40.3 Å². The van der Waals surface area contributed by atoms with Crippen molar-refractivity contribution >= 4 is 17.7 Å². The maximum atomic E-state index is 11.1. The number of nitrogens with two attached hydrogens (primary N) is 1. The highest BCUT2D eigenvalue weighted by atomic mass is 32.2. The summed E-state index contributed by atoms with van der Waals surface area (Å²) < 4.78 is 5.38. The Balaban J connectivity index is 2.11. The Hall–Kier alpha value is -0.260. The molecule has 2 aliphatic heterocycles. The number of aliphatic carboxylic acids is 1. The number of hydrogen-bond donors (Lipinski definition) is 2. The Morgan fingerprint density at radius 1 is 1.33 bits per heavy atom. The lowest BCUT2D eigenvalue weighted by Gasteiger charge is -2.45. The standard InChI is InChI=1S/C10H17NO3S/c11-10(8(12)13)3-6-15-9(7-10)1-4-14-5-2-9/h1-7,11H2,(H,12,13). The van der Waals surface area contributed by atoms with Crippen LogP contribution in [-0.2, 0) is 9.53 Å². The van der Waals surface area contributed by atoms with Crippen molar-refractivity contribution in [3.63, 3.8) is 0 Å². The third kappa shape index (κ3) is 2.14. The van der Waals surface area contributed by atoms with Crippen molar-refractivity contribution in [3.8, 4) is 0 Å². The van der Waals surface area contributed by atoms with Crippen LogP contribution in [0.3, 0.4) is 0 Å². The molecule has 2 heterocycles. The predicted octanol–water partition coefficient (Wildman–Crippen LogP) is 0.845. The van der Waals surface area contributed by atoms with Gasteiger partial charge in [0.25, 0.3) is 0 Å². The molecule has 0 radical (unpaired) electrons. The number of thioether (sulfide) groups is 1. The van der Waals surface area contributed by atoms with Crippen LogP contribution in [0.25, 0.3) is 0 Å².